The highest BCUT2D eigenvalue weighted by atomic mass is 16.2. The number of anilines is 1. The Bertz CT molecular complexity index is 957. The van der Waals surface area contributed by atoms with Gasteiger partial charge in [-0.15, -0.1) is 0 Å². The minimum absolute atomic E-state index is 0.0109. The van der Waals surface area contributed by atoms with Crippen molar-refractivity contribution >= 4 is 23.6 Å². The number of nitrogens with one attached hydrogen (secondary N) is 1. The maximum atomic E-state index is 12.5. The van der Waals surface area contributed by atoms with E-state index in [-0.39, 0.29) is 18.4 Å². The van der Waals surface area contributed by atoms with E-state index in [1.54, 1.807) is 13.1 Å². The first-order valence-corrected chi connectivity index (χ1v) is 10.2. The van der Waals surface area contributed by atoms with Crippen LogP contribution < -0.4 is 5.32 Å². The van der Waals surface area contributed by atoms with Crippen LogP contribution in [-0.2, 0) is 9.59 Å². The number of likely N-dealkylation sites (N-methyl/N-ethyl adjacent to an activating group) is 1. The van der Waals surface area contributed by atoms with Crippen LogP contribution in [0.1, 0.15) is 52.5 Å². The van der Waals surface area contributed by atoms with Crippen molar-refractivity contribution in [3.63, 3.8) is 0 Å². The number of amides is 2. The number of carbonyl (C=O) groups is 2. The molecule has 0 atom stereocenters. The van der Waals surface area contributed by atoms with Gasteiger partial charge in [0.25, 0.3) is 0 Å². The minimum atomic E-state index is -0.198. The van der Waals surface area contributed by atoms with Crippen molar-refractivity contribution in [2.45, 2.75) is 53.5 Å². The van der Waals surface area contributed by atoms with Crippen molar-refractivity contribution in [2.24, 2.45) is 0 Å². The molecule has 0 aliphatic heterocycles. The monoisotopic (exact) mass is 393 g/mol. The summed E-state index contributed by atoms with van der Waals surface area (Å²) in [4.78, 5) is 26.4. The van der Waals surface area contributed by atoms with Gasteiger partial charge in [0, 0.05) is 36.2 Å². The Morgan fingerprint density at radius 1 is 1.10 bits per heavy atom. The number of hydrogen-bond donors (Lipinski definition) is 1. The van der Waals surface area contributed by atoms with Crippen molar-refractivity contribution in [2.75, 3.05) is 18.9 Å². The van der Waals surface area contributed by atoms with E-state index in [2.05, 4.69) is 29.8 Å². The molecule has 3 rings (SSSR count). The molecular weight excluding hydrogens is 362 g/mol. The summed E-state index contributed by atoms with van der Waals surface area (Å²) in [5, 5.41) is 2.94. The molecule has 0 unspecified atom stereocenters. The standard InChI is InChI=1S/C24H31N3O2/c1-15-11-16(2)24(17(3)12-15)25-22(28)14-26(6)23(29)10-7-20-13-18(4)27(19(20)5)21-8-9-21/h7,10-13,21H,8-9,14H2,1-6H3,(H,25,28)/b10-7+. The van der Waals surface area contributed by atoms with Gasteiger partial charge in [0.05, 0.1) is 6.54 Å². The molecule has 1 N–H and O–H groups in total. The van der Waals surface area contributed by atoms with E-state index in [9.17, 15) is 9.59 Å². The molecule has 29 heavy (non-hydrogen) atoms. The van der Waals surface area contributed by atoms with Crippen LogP contribution in [0.5, 0.6) is 0 Å². The molecular formula is C24H31N3O2. The molecule has 0 saturated heterocycles. The van der Waals surface area contributed by atoms with Crippen molar-refractivity contribution in [1.29, 1.82) is 0 Å². The number of aromatic nitrogens is 1. The molecule has 1 aromatic heterocycles. The Labute approximate surface area is 173 Å². The summed E-state index contributed by atoms with van der Waals surface area (Å²) < 4.78 is 2.35. The topological polar surface area (TPSA) is 54.3 Å². The van der Waals surface area contributed by atoms with Crippen LogP contribution in [0, 0.1) is 34.6 Å². The first kappa shape index (κ1) is 20.9. The lowest BCUT2D eigenvalue weighted by Crippen LogP contribution is -2.34. The molecule has 2 aromatic rings. The second-order valence-electron chi connectivity index (χ2n) is 8.28. The molecule has 0 spiro atoms. The molecule has 1 saturated carbocycles. The summed E-state index contributed by atoms with van der Waals surface area (Å²) in [6.45, 7) is 10.2. The summed E-state index contributed by atoms with van der Waals surface area (Å²) in [5.41, 5.74) is 7.52. The van der Waals surface area contributed by atoms with Crippen molar-refractivity contribution in [3.05, 3.63) is 57.9 Å². The third-order valence-electron chi connectivity index (χ3n) is 5.54. The molecule has 5 nitrogen and oxygen atoms in total. The van der Waals surface area contributed by atoms with E-state index in [4.69, 9.17) is 0 Å². The van der Waals surface area contributed by atoms with Crippen molar-refractivity contribution < 1.29 is 9.59 Å². The lowest BCUT2D eigenvalue weighted by molar-refractivity contribution is -0.129. The fourth-order valence-corrected chi connectivity index (χ4v) is 4.00. The Hall–Kier alpha value is -2.82. The number of nitrogens with zero attached hydrogens (tertiary/aromatic N) is 2. The van der Waals surface area contributed by atoms with Crippen LogP contribution in [-0.4, -0.2) is 34.9 Å². The van der Waals surface area contributed by atoms with Gasteiger partial charge in [0.2, 0.25) is 11.8 Å². The zero-order valence-electron chi connectivity index (χ0n) is 18.3. The van der Waals surface area contributed by atoms with E-state index in [0.717, 1.165) is 27.9 Å². The van der Waals surface area contributed by atoms with Gasteiger partial charge in [-0.25, -0.2) is 0 Å². The largest absolute Gasteiger partial charge is 0.346 e. The van der Waals surface area contributed by atoms with Crippen LogP contribution in [0.25, 0.3) is 6.08 Å². The molecule has 5 heteroatoms. The maximum Gasteiger partial charge on any atom is 0.246 e. The van der Waals surface area contributed by atoms with Gasteiger partial charge in [0.1, 0.15) is 0 Å². The van der Waals surface area contributed by atoms with E-state index < -0.39 is 0 Å². The molecule has 0 bridgehead atoms. The van der Waals surface area contributed by atoms with E-state index in [1.165, 1.54) is 29.1 Å². The molecule has 0 radical (unpaired) electrons. The van der Waals surface area contributed by atoms with Crippen LogP contribution in [0.2, 0.25) is 0 Å². The number of hydrogen-bond acceptors (Lipinski definition) is 2. The van der Waals surface area contributed by atoms with Crippen LogP contribution in [0.4, 0.5) is 5.69 Å². The van der Waals surface area contributed by atoms with Gasteiger partial charge in [0.15, 0.2) is 0 Å². The summed E-state index contributed by atoms with van der Waals surface area (Å²) in [5.74, 6) is -0.384. The first-order valence-electron chi connectivity index (χ1n) is 10.2. The quantitative estimate of drug-likeness (QED) is 0.736. The third kappa shape index (κ3) is 4.78. The highest BCUT2D eigenvalue weighted by Crippen LogP contribution is 2.38. The number of carbonyl (C=O) groups excluding carboxylic acids is 2. The van der Waals surface area contributed by atoms with Crippen molar-refractivity contribution in [1.82, 2.24) is 9.47 Å². The lowest BCUT2D eigenvalue weighted by atomic mass is 10.1. The molecule has 1 heterocycles. The highest BCUT2D eigenvalue weighted by molar-refractivity contribution is 5.98. The van der Waals surface area contributed by atoms with Gasteiger partial charge in [-0.1, -0.05) is 17.7 Å². The average molecular weight is 394 g/mol. The Balaban J connectivity index is 1.61. The predicted octanol–water partition coefficient (Wildman–Crippen LogP) is 4.48. The molecule has 1 aliphatic rings. The zero-order valence-corrected chi connectivity index (χ0v) is 18.3. The highest BCUT2D eigenvalue weighted by Gasteiger charge is 2.26. The number of rotatable bonds is 6. The molecule has 1 aliphatic carbocycles. The maximum absolute atomic E-state index is 12.5. The molecule has 1 aromatic carbocycles. The molecule has 1 fully saturated rings. The van der Waals surface area contributed by atoms with Crippen molar-refractivity contribution in [3.8, 4) is 0 Å². The van der Waals surface area contributed by atoms with Gasteiger partial charge >= 0.3 is 0 Å². The second kappa shape index (κ2) is 8.27. The van der Waals surface area contributed by atoms with E-state index >= 15 is 0 Å². The first-order chi connectivity index (χ1) is 13.7. The van der Waals surface area contributed by atoms with E-state index in [1.807, 2.05) is 39.0 Å². The second-order valence-corrected chi connectivity index (χ2v) is 8.28. The molecule has 2 amide bonds. The van der Waals surface area contributed by atoms with E-state index in [0.29, 0.717) is 6.04 Å². The van der Waals surface area contributed by atoms with Crippen LogP contribution >= 0.6 is 0 Å². The minimum Gasteiger partial charge on any atom is -0.346 e. The zero-order chi connectivity index (χ0) is 21.3. The Morgan fingerprint density at radius 2 is 1.72 bits per heavy atom. The Morgan fingerprint density at radius 3 is 2.31 bits per heavy atom. The van der Waals surface area contributed by atoms with Crippen LogP contribution in [0.15, 0.2) is 24.3 Å². The summed E-state index contributed by atoms with van der Waals surface area (Å²) in [6.07, 6.45) is 5.87. The van der Waals surface area contributed by atoms with Gasteiger partial charge in [-0.3, -0.25) is 9.59 Å². The predicted molar refractivity (Wildman–Crippen MR) is 118 cm³/mol. The molecule has 154 valence electrons. The van der Waals surface area contributed by atoms with Gasteiger partial charge in [-0.2, -0.15) is 0 Å². The fraction of sp³-hybridized carbons (Fsp3) is 0.417. The Kier molecular flexibility index (Phi) is 5.96. The average Bonchev–Trinajstić information content (AvgIpc) is 3.41. The third-order valence-corrected chi connectivity index (χ3v) is 5.54. The number of benzene rings is 1. The summed E-state index contributed by atoms with van der Waals surface area (Å²) in [6, 6.07) is 6.82. The summed E-state index contributed by atoms with van der Waals surface area (Å²) >= 11 is 0. The lowest BCUT2D eigenvalue weighted by Gasteiger charge is -2.17. The van der Waals surface area contributed by atoms with Crippen LogP contribution in [0.3, 0.4) is 0 Å². The number of aryl methyl sites for hydroxylation is 4. The van der Waals surface area contributed by atoms with Gasteiger partial charge < -0.3 is 14.8 Å². The fourth-order valence-electron chi connectivity index (χ4n) is 4.00. The summed E-state index contributed by atoms with van der Waals surface area (Å²) in [7, 11) is 1.65. The van der Waals surface area contributed by atoms with Gasteiger partial charge in [-0.05, 0) is 76.3 Å². The SMILES string of the molecule is Cc1cc(C)c(NC(=O)CN(C)C(=O)/C=C/c2cc(C)n(C3CC3)c2C)c(C)c1. The normalized spacial score (nSPS) is 13.7. The smallest absolute Gasteiger partial charge is 0.246 e.